The minimum absolute atomic E-state index is 0.0227. The smallest absolute Gasteiger partial charge is 0.322 e. The zero-order chi connectivity index (χ0) is 21.1. The maximum atomic E-state index is 13.9. The largest absolute Gasteiger partial charge is 0.327 e. The molecule has 0 bridgehead atoms. The Morgan fingerprint density at radius 3 is 2.77 bits per heavy atom. The standard InChI is InChI=1S/C21H22FN5O3/c22-15-7-1-2-8-16(15)25-18(28)13-26-17-9-5-11-24-19(17)20(29)27(21(26)30)12-14-6-3-4-10-23-14/h1-4,6-8,10,17,19,24H,5,9,11-13H2,(H,25,28). The van der Waals surface area contributed by atoms with Crippen molar-refractivity contribution in [1.82, 2.24) is 20.1 Å². The number of para-hydroxylation sites is 1. The van der Waals surface area contributed by atoms with E-state index in [1.54, 1.807) is 30.5 Å². The monoisotopic (exact) mass is 411 g/mol. The van der Waals surface area contributed by atoms with E-state index in [-0.39, 0.29) is 24.7 Å². The van der Waals surface area contributed by atoms with Gasteiger partial charge in [0.15, 0.2) is 0 Å². The summed E-state index contributed by atoms with van der Waals surface area (Å²) in [4.78, 5) is 45.5. The minimum Gasteiger partial charge on any atom is -0.322 e. The quantitative estimate of drug-likeness (QED) is 0.782. The highest BCUT2D eigenvalue weighted by molar-refractivity contribution is 6.02. The molecule has 3 heterocycles. The van der Waals surface area contributed by atoms with Gasteiger partial charge in [-0.25, -0.2) is 9.18 Å². The summed E-state index contributed by atoms with van der Waals surface area (Å²) in [5, 5.41) is 5.68. The van der Waals surface area contributed by atoms with Crippen molar-refractivity contribution in [3.05, 3.63) is 60.2 Å². The van der Waals surface area contributed by atoms with Crippen molar-refractivity contribution in [1.29, 1.82) is 0 Å². The molecule has 2 aliphatic heterocycles. The number of imide groups is 1. The molecule has 0 saturated carbocycles. The number of halogens is 1. The topological polar surface area (TPSA) is 94.6 Å². The summed E-state index contributed by atoms with van der Waals surface area (Å²) in [5.74, 6) is -1.40. The number of carbonyl (C=O) groups is 3. The lowest BCUT2D eigenvalue weighted by molar-refractivity contribution is -0.138. The molecule has 0 spiro atoms. The second-order valence-corrected chi connectivity index (χ2v) is 7.33. The molecule has 0 radical (unpaired) electrons. The third kappa shape index (κ3) is 4.02. The number of nitrogens with zero attached hydrogens (tertiary/aromatic N) is 3. The van der Waals surface area contributed by atoms with Crippen LogP contribution < -0.4 is 10.6 Å². The van der Waals surface area contributed by atoms with Crippen LogP contribution in [0.3, 0.4) is 0 Å². The molecule has 4 rings (SSSR count). The fraction of sp³-hybridized carbons (Fsp3) is 0.333. The average Bonchev–Trinajstić information content (AvgIpc) is 2.76. The molecule has 2 atom stereocenters. The predicted octanol–water partition coefficient (Wildman–Crippen LogP) is 1.74. The maximum absolute atomic E-state index is 13.9. The highest BCUT2D eigenvalue weighted by Crippen LogP contribution is 2.26. The lowest BCUT2D eigenvalue weighted by Gasteiger charge is -2.46. The lowest BCUT2D eigenvalue weighted by Crippen LogP contribution is -2.70. The Morgan fingerprint density at radius 1 is 1.20 bits per heavy atom. The zero-order valence-corrected chi connectivity index (χ0v) is 16.3. The Kier molecular flexibility index (Phi) is 5.71. The van der Waals surface area contributed by atoms with Gasteiger partial charge in [0.2, 0.25) is 11.8 Å². The first-order valence-electron chi connectivity index (χ1n) is 9.84. The van der Waals surface area contributed by atoms with Gasteiger partial charge in [-0.1, -0.05) is 18.2 Å². The summed E-state index contributed by atoms with van der Waals surface area (Å²) in [6.07, 6.45) is 2.99. The molecule has 9 heteroatoms. The molecule has 2 aliphatic rings. The first-order valence-corrected chi connectivity index (χ1v) is 9.84. The molecule has 1 aromatic carbocycles. The number of hydrogen-bond acceptors (Lipinski definition) is 5. The van der Waals surface area contributed by atoms with E-state index in [9.17, 15) is 18.8 Å². The fourth-order valence-corrected chi connectivity index (χ4v) is 3.91. The van der Waals surface area contributed by atoms with Gasteiger partial charge in [0, 0.05) is 6.20 Å². The number of pyridine rings is 1. The van der Waals surface area contributed by atoms with E-state index in [0.717, 1.165) is 11.3 Å². The predicted molar refractivity (Wildman–Crippen MR) is 107 cm³/mol. The summed E-state index contributed by atoms with van der Waals surface area (Å²) in [6.45, 7) is 0.407. The number of piperidine rings is 1. The number of carbonyl (C=O) groups excluding carboxylic acids is 3. The SMILES string of the molecule is O=C(CN1C(=O)N(Cc2ccccn2)C(=O)C2NCCCC21)Nc1ccccc1F. The Labute approximate surface area is 173 Å². The molecular formula is C21H22FN5O3. The van der Waals surface area contributed by atoms with Crippen LogP contribution in [-0.4, -0.2) is 57.8 Å². The Morgan fingerprint density at radius 2 is 2.00 bits per heavy atom. The van der Waals surface area contributed by atoms with Crippen LogP contribution in [0.1, 0.15) is 18.5 Å². The van der Waals surface area contributed by atoms with Crippen LogP contribution in [0.5, 0.6) is 0 Å². The lowest BCUT2D eigenvalue weighted by atomic mass is 9.93. The molecule has 1 aromatic heterocycles. The molecule has 2 N–H and O–H groups in total. The van der Waals surface area contributed by atoms with Gasteiger partial charge >= 0.3 is 6.03 Å². The van der Waals surface area contributed by atoms with Crippen molar-refractivity contribution in [2.75, 3.05) is 18.4 Å². The van der Waals surface area contributed by atoms with Gasteiger partial charge in [0.05, 0.1) is 24.0 Å². The molecule has 30 heavy (non-hydrogen) atoms. The number of aromatic nitrogens is 1. The maximum Gasteiger partial charge on any atom is 0.327 e. The first-order chi connectivity index (χ1) is 14.5. The first kappa shape index (κ1) is 20.0. The zero-order valence-electron chi connectivity index (χ0n) is 16.3. The number of fused-ring (bicyclic) bond motifs is 1. The Bertz CT molecular complexity index is 955. The van der Waals surface area contributed by atoms with Crippen molar-refractivity contribution in [3.63, 3.8) is 0 Å². The molecule has 2 unspecified atom stereocenters. The Balaban J connectivity index is 1.55. The summed E-state index contributed by atoms with van der Waals surface area (Å²) in [7, 11) is 0. The second-order valence-electron chi connectivity index (χ2n) is 7.33. The molecule has 0 aliphatic carbocycles. The third-order valence-electron chi connectivity index (χ3n) is 5.34. The van der Waals surface area contributed by atoms with E-state index in [1.165, 1.54) is 23.1 Å². The van der Waals surface area contributed by atoms with Gasteiger partial charge in [-0.05, 0) is 43.7 Å². The van der Waals surface area contributed by atoms with Gasteiger partial charge in [0.1, 0.15) is 18.4 Å². The highest BCUT2D eigenvalue weighted by Gasteiger charge is 2.47. The van der Waals surface area contributed by atoms with E-state index in [2.05, 4.69) is 15.6 Å². The third-order valence-corrected chi connectivity index (χ3v) is 5.34. The average molecular weight is 411 g/mol. The van der Waals surface area contributed by atoms with Gasteiger partial charge in [-0.15, -0.1) is 0 Å². The number of rotatable bonds is 5. The van der Waals surface area contributed by atoms with Crippen molar-refractivity contribution >= 4 is 23.5 Å². The fourth-order valence-electron chi connectivity index (χ4n) is 3.91. The number of benzene rings is 1. The van der Waals surface area contributed by atoms with E-state index < -0.39 is 29.8 Å². The van der Waals surface area contributed by atoms with Crippen LogP contribution in [0.2, 0.25) is 0 Å². The van der Waals surface area contributed by atoms with Crippen LogP contribution in [0.25, 0.3) is 0 Å². The molecule has 2 aromatic rings. The highest BCUT2D eigenvalue weighted by atomic mass is 19.1. The van der Waals surface area contributed by atoms with Crippen LogP contribution in [0.4, 0.5) is 14.9 Å². The van der Waals surface area contributed by atoms with Gasteiger partial charge in [-0.2, -0.15) is 0 Å². The number of nitrogens with one attached hydrogen (secondary N) is 2. The minimum atomic E-state index is -0.582. The summed E-state index contributed by atoms with van der Waals surface area (Å²) in [5.41, 5.74) is 0.621. The van der Waals surface area contributed by atoms with E-state index in [1.807, 2.05) is 0 Å². The molecular weight excluding hydrogens is 389 g/mol. The van der Waals surface area contributed by atoms with E-state index in [4.69, 9.17) is 0 Å². The summed E-state index contributed by atoms with van der Waals surface area (Å²) in [6, 6.07) is 9.55. The number of hydrogen-bond donors (Lipinski definition) is 2. The molecule has 8 nitrogen and oxygen atoms in total. The van der Waals surface area contributed by atoms with Crippen LogP contribution >= 0.6 is 0 Å². The summed E-state index contributed by atoms with van der Waals surface area (Å²) >= 11 is 0. The molecule has 2 saturated heterocycles. The molecule has 2 fully saturated rings. The van der Waals surface area contributed by atoms with E-state index in [0.29, 0.717) is 18.7 Å². The number of anilines is 1. The van der Waals surface area contributed by atoms with Gasteiger partial charge in [-0.3, -0.25) is 19.5 Å². The van der Waals surface area contributed by atoms with Crippen molar-refractivity contribution < 1.29 is 18.8 Å². The van der Waals surface area contributed by atoms with Gasteiger partial charge in [0.25, 0.3) is 0 Å². The second kappa shape index (κ2) is 8.58. The number of urea groups is 1. The van der Waals surface area contributed by atoms with Crippen LogP contribution in [-0.2, 0) is 16.1 Å². The van der Waals surface area contributed by atoms with Gasteiger partial charge < -0.3 is 15.5 Å². The molecule has 4 amide bonds. The number of amides is 4. The van der Waals surface area contributed by atoms with Crippen LogP contribution in [0, 0.1) is 5.82 Å². The summed E-state index contributed by atoms with van der Waals surface area (Å²) < 4.78 is 13.9. The van der Waals surface area contributed by atoms with E-state index >= 15 is 0 Å². The van der Waals surface area contributed by atoms with Crippen molar-refractivity contribution in [2.24, 2.45) is 0 Å². The Hall–Kier alpha value is -3.33. The van der Waals surface area contributed by atoms with Crippen molar-refractivity contribution in [3.8, 4) is 0 Å². The normalized spacial score (nSPS) is 21.4. The van der Waals surface area contributed by atoms with Crippen molar-refractivity contribution in [2.45, 2.75) is 31.5 Å². The van der Waals surface area contributed by atoms with Crippen LogP contribution in [0.15, 0.2) is 48.7 Å². The molecule has 156 valence electrons.